The number of carbonyl (C=O) groups is 1. The molecule has 1 aromatic rings. The fourth-order valence-corrected chi connectivity index (χ4v) is 3.51. The third-order valence-corrected chi connectivity index (χ3v) is 4.82. The number of hydrogen-bond donors (Lipinski definition) is 0. The van der Waals surface area contributed by atoms with Crippen LogP contribution in [0.5, 0.6) is 0 Å². The van der Waals surface area contributed by atoms with E-state index in [9.17, 15) is 13.2 Å². The molecule has 0 aliphatic carbocycles. The van der Waals surface area contributed by atoms with Crippen molar-refractivity contribution in [2.75, 3.05) is 13.1 Å². The van der Waals surface area contributed by atoms with Crippen LogP contribution in [0.15, 0.2) is 29.2 Å². The van der Waals surface area contributed by atoms with Crippen molar-refractivity contribution in [1.82, 2.24) is 4.31 Å². The zero-order valence-corrected chi connectivity index (χ0v) is 13.4. The highest BCUT2D eigenvalue weighted by atomic mass is 32.2. The van der Waals surface area contributed by atoms with Crippen LogP contribution in [0.2, 0.25) is 0 Å². The molecule has 0 aliphatic heterocycles. The molecule has 0 heterocycles. The first-order valence-electron chi connectivity index (χ1n) is 6.77. The van der Waals surface area contributed by atoms with Gasteiger partial charge in [-0.2, -0.15) is 9.57 Å². The van der Waals surface area contributed by atoms with Crippen LogP contribution in [0.4, 0.5) is 0 Å². The molecule has 0 bridgehead atoms. The molecule has 0 N–H and O–H groups in total. The average Bonchev–Trinajstić information content (AvgIpc) is 2.43. The molecule has 114 valence electrons. The number of Topliss-reactive ketones (excluding diaryl/α,β-unsaturated/α-hetero) is 1. The van der Waals surface area contributed by atoms with Gasteiger partial charge in [0, 0.05) is 25.1 Å². The lowest BCUT2D eigenvalue weighted by atomic mass is 10.2. The first-order valence-corrected chi connectivity index (χ1v) is 8.21. The van der Waals surface area contributed by atoms with Gasteiger partial charge in [0.1, 0.15) is 0 Å². The van der Waals surface area contributed by atoms with Crippen molar-refractivity contribution < 1.29 is 13.2 Å². The third kappa shape index (κ3) is 4.66. The minimum atomic E-state index is -3.64. The van der Waals surface area contributed by atoms with E-state index in [1.807, 2.05) is 19.9 Å². The summed E-state index contributed by atoms with van der Waals surface area (Å²) in [5.41, 5.74) is 0.474. The molecule has 0 aliphatic rings. The van der Waals surface area contributed by atoms with E-state index < -0.39 is 10.0 Å². The Balaban J connectivity index is 3.09. The summed E-state index contributed by atoms with van der Waals surface area (Å²) in [5.74, 6) is 0.0532. The average molecular weight is 308 g/mol. The standard InChI is InChI=1S/C15H20N2O3S/c1-12(2)11-17(10-4-9-16)21(19,20)15-7-5-14(6-8-15)13(3)18/h5-8,12H,4,10-11H2,1-3H3. The van der Waals surface area contributed by atoms with Crippen LogP contribution in [0.1, 0.15) is 37.6 Å². The molecule has 0 unspecified atom stereocenters. The van der Waals surface area contributed by atoms with Crippen molar-refractivity contribution in [1.29, 1.82) is 5.26 Å². The van der Waals surface area contributed by atoms with Gasteiger partial charge in [-0.1, -0.05) is 26.0 Å². The molecule has 0 fully saturated rings. The number of sulfonamides is 1. The molecule has 21 heavy (non-hydrogen) atoms. The van der Waals surface area contributed by atoms with Gasteiger partial charge >= 0.3 is 0 Å². The first-order chi connectivity index (χ1) is 9.78. The van der Waals surface area contributed by atoms with Crippen molar-refractivity contribution in [2.45, 2.75) is 32.1 Å². The van der Waals surface area contributed by atoms with E-state index in [2.05, 4.69) is 0 Å². The second kappa shape index (κ2) is 7.34. The van der Waals surface area contributed by atoms with E-state index in [-0.39, 0.29) is 29.6 Å². The molecule has 5 nitrogen and oxygen atoms in total. The molecule has 0 spiro atoms. The van der Waals surface area contributed by atoms with E-state index in [0.717, 1.165) is 0 Å². The lowest BCUT2D eigenvalue weighted by Gasteiger charge is -2.23. The molecule has 0 amide bonds. The summed E-state index contributed by atoms with van der Waals surface area (Å²) >= 11 is 0. The van der Waals surface area contributed by atoms with Gasteiger partial charge in [-0.3, -0.25) is 4.79 Å². The zero-order chi connectivity index (χ0) is 16.0. The van der Waals surface area contributed by atoms with Crippen LogP contribution in [0.3, 0.4) is 0 Å². The van der Waals surface area contributed by atoms with E-state index in [1.165, 1.54) is 35.5 Å². The summed E-state index contributed by atoms with van der Waals surface area (Å²) in [6, 6.07) is 7.85. The molecule has 6 heteroatoms. The maximum absolute atomic E-state index is 12.6. The third-order valence-electron chi connectivity index (χ3n) is 2.94. The molecule has 1 aromatic carbocycles. The minimum absolute atomic E-state index is 0.109. The van der Waals surface area contributed by atoms with Gasteiger partial charge in [0.2, 0.25) is 10.0 Å². The van der Waals surface area contributed by atoms with Gasteiger partial charge in [0.25, 0.3) is 0 Å². The van der Waals surface area contributed by atoms with Gasteiger partial charge in [-0.05, 0) is 25.0 Å². The fourth-order valence-electron chi connectivity index (χ4n) is 1.90. The van der Waals surface area contributed by atoms with Gasteiger partial charge in [0.05, 0.1) is 11.0 Å². The van der Waals surface area contributed by atoms with Crippen LogP contribution < -0.4 is 0 Å². The normalized spacial score (nSPS) is 11.6. The number of benzene rings is 1. The molecule has 0 radical (unpaired) electrons. The Morgan fingerprint density at radius 2 is 1.86 bits per heavy atom. The van der Waals surface area contributed by atoms with Crippen molar-refractivity contribution in [2.24, 2.45) is 5.92 Å². The van der Waals surface area contributed by atoms with Gasteiger partial charge in [0.15, 0.2) is 5.78 Å². The Hall–Kier alpha value is -1.71. The Kier molecular flexibility index (Phi) is 6.06. The van der Waals surface area contributed by atoms with Crippen molar-refractivity contribution in [3.8, 4) is 6.07 Å². The first kappa shape index (κ1) is 17.3. The fraction of sp³-hybridized carbons (Fsp3) is 0.467. The van der Waals surface area contributed by atoms with Gasteiger partial charge < -0.3 is 0 Å². The van der Waals surface area contributed by atoms with Crippen LogP contribution in [-0.4, -0.2) is 31.6 Å². The maximum atomic E-state index is 12.6. The van der Waals surface area contributed by atoms with Crippen LogP contribution in [0, 0.1) is 17.2 Å². The summed E-state index contributed by atoms with van der Waals surface area (Å²) in [6.45, 7) is 5.81. The number of nitrogens with zero attached hydrogens (tertiary/aromatic N) is 2. The Morgan fingerprint density at radius 1 is 1.29 bits per heavy atom. The lowest BCUT2D eigenvalue weighted by molar-refractivity contribution is 0.101. The number of hydrogen-bond acceptors (Lipinski definition) is 4. The summed E-state index contributed by atoms with van der Waals surface area (Å²) in [4.78, 5) is 11.4. The number of nitriles is 1. The Bertz CT molecular complexity index is 628. The van der Waals surface area contributed by atoms with Gasteiger partial charge in [-0.15, -0.1) is 0 Å². The summed E-state index contributed by atoms with van der Waals surface area (Å²) in [7, 11) is -3.64. The number of rotatable bonds is 7. The molecule has 0 saturated heterocycles. The highest BCUT2D eigenvalue weighted by Gasteiger charge is 2.24. The van der Waals surface area contributed by atoms with Crippen molar-refractivity contribution in [3.05, 3.63) is 29.8 Å². The van der Waals surface area contributed by atoms with E-state index >= 15 is 0 Å². The molecular formula is C15H20N2O3S. The zero-order valence-electron chi connectivity index (χ0n) is 12.5. The minimum Gasteiger partial charge on any atom is -0.295 e. The lowest BCUT2D eigenvalue weighted by Crippen LogP contribution is -2.35. The van der Waals surface area contributed by atoms with Crippen LogP contribution in [-0.2, 0) is 10.0 Å². The highest BCUT2D eigenvalue weighted by Crippen LogP contribution is 2.18. The predicted octanol–water partition coefficient (Wildman–Crippen LogP) is 2.45. The predicted molar refractivity (Wildman–Crippen MR) is 80.3 cm³/mol. The molecular weight excluding hydrogens is 288 g/mol. The largest absolute Gasteiger partial charge is 0.295 e. The quantitative estimate of drug-likeness (QED) is 0.725. The maximum Gasteiger partial charge on any atom is 0.243 e. The second-order valence-electron chi connectivity index (χ2n) is 5.25. The van der Waals surface area contributed by atoms with Crippen molar-refractivity contribution in [3.63, 3.8) is 0 Å². The summed E-state index contributed by atoms with van der Waals surface area (Å²) in [5, 5.41) is 8.67. The Morgan fingerprint density at radius 3 is 2.29 bits per heavy atom. The smallest absolute Gasteiger partial charge is 0.243 e. The number of ketones is 1. The Labute approximate surface area is 126 Å². The van der Waals surface area contributed by atoms with Crippen LogP contribution in [0.25, 0.3) is 0 Å². The topological polar surface area (TPSA) is 78.2 Å². The van der Waals surface area contributed by atoms with Gasteiger partial charge in [-0.25, -0.2) is 8.42 Å². The second-order valence-corrected chi connectivity index (χ2v) is 7.18. The van der Waals surface area contributed by atoms with E-state index in [0.29, 0.717) is 12.1 Å². The van der Waals surface area contributed by atoms with E-state index in [4.69, 9.17) is 5.26 Å². The van der Waals surface area contributed by atoms with Crippen molar-refractivity contribution >= 4 is 15.8 Å². The highest BCUT2D eigenvalue weighted by molar-refractivity contribution is 7.89. The van der Waals surface area contributed by atoms with Crippen LogP contribution >= 0.6 is 0 Å². The van der Waals surface area contributed by atoms with E-state index in [1.54, 1.807) is 0 Å². The summed E-state index contributed by atoms with van der Waals surface area (Å²) < 4.78 is 26.5. The molecule has 0 atom stereocenters. The monoisotopic (exact) mass is 308 g/mol. The molecule has 0 saturated carbocycles. The number of carbonyl (C=O) groups excluding carboxylic acids is 1. The molecule has 1 rings (SSSR count). The SMILES string of the molecule is CC(=O)c1ccc(S(=O)(=O)N(CCC#N)CC(C)C)cc1. The summed E-state index contributed by atoms with van der Waals surface area (Å²) in [6.07, 6.45) is 0.150. The molecule has 0 aromatic heterocycles.